The molecule has 1 aromatic heterocycles. The van der Waals surface area contributed by atoms with Crippen molar-refractivity contribution >= 4 is 17.7 Å². The Bertz CT molecular complexity index is 662. The Kier molecular flexibility index (Phi) is 5.66. The third-order valence-electron chi connectivity index (χ3n) is 3.14. The maximum Gasteiger partial charge on any atom is 0.254 e. The lowest BCUT2D eigenvalue weighted by atomic mass is 10.1. The Labute approximate surface area is 134 Å². The average Bonchev–Trinajstić information content (AvgIpc) is 2.59. The monoisotopic (exact) mass is 318 g/mol. The Morgan fingerprint density at radius 1 is 1.27 bits per heavy atom. The van der Waals surface area contributed by atoms with Gasteiger partial charge in [0.25, 0.3) is 5.91 Å². The zero-order chi connectivity index (χ0) is 15.9. The van der Waals surface area contributed by atoms with Gasteiger partial charge in [-0.15, -0.1) is 11.8 Å². The Morgan fingerprint density at radius 2 is 2.09 bits per heavy atom. The van der Waals surface area contributed by atoms with Crippen molar-refractivity contribution in [1.29, 1.82) is 0 Å². The van der Waals surface area contributed by atoms with Crippen LogP contribution in [-0.4, -0.2) is 31.4 Å². The number of ether oxygens (including phenoxy) is 2. The molecular weight excluding hydrogens is 300 g/mol. The normalized spacial score (nSPS) is 10.1. The number of thioether (sulfide) groups is 1. The van der Waals surface area contributed by atoms with E-state index >= 15 is 0 Å². The summed E-state index contributed by atoms with van der Waals surface area (Å²) < 4.78 is 10.5. The van der Waals surface area contributed by atoms with Gasteiger partial charge >= 0.3 is 0 Å². The van der Waals surface area contributed by atoms with Crippen molar-refractivity contribution in [3.63, 3.8) is 0 Å². The molecule has 5 nitrogen and oxygen atoms in total. The predicted molar refractivity (Wildman–Crippen MR) is 86.7 cm³/mol. The average molecular weight is 318 g/mol. The third-order valence-corrected chi connectivity index (χ3v) is 3.85. The van der Waals surface area contributed by atoms with Gasteiger partial charge in [-0.25, -0.2) is 4.98 Å². The number of hydrogen-bond donors (Lipinski definition) is 1. The summed E-state index contributed by atoms with van der Waals surface area (Å²) >= 11 is 1.44. The first-order valence-corrected chi connectivity index (χ1v) is 7.90. The molecule has 0 saturated heterocycles. The van der Waals surface area contributed by atoms with E-state index in [0.717, 1.165) is 11.3 Å². The number of pyridine rings is 1. The minimum Gasteiger partial charge on any atom is -0.497 e. The van der Waals surface area contributed by atoms with E-state index in [0.29, 0.717) is 22.9 Å². The molecule has 0 spiro atoms. The Morgan fingerprint density at radius 3 is 2.77 bits per heavy atom. The molecule has 0 radical (unpaired) electrons. The van der Waals surface area contributed by atoms with Gasteiger partial charge in [-0.3, -0.25) is 4.79 Å². The minimum atomic E-state index is -0.165. The van der Waals surface area contributed by atoms with E-state index in [1.807, 2.05) is 24.5 Å². The molecule has 1 amide bonds. The van der Waals surface area contributed by atoms with Crippen LogP contribution in [-0.2, 0) is 6.54 Å². The van der Waals surface area contributed by atoms with Gasteiger partial charge in [0.05, 0.1) is 19.8 Å². The van der Waals surface area contributed by atoms with Crippen LogP contribution in [0.5, 0.6) is 11.5 Å². The number of aromatic nitrogens is 1. The van der Waals surface area contributed by atoms with Crippen molar-refractivity contribution in [2.75, 3.05) is 20.5 Å². The second kappa shape index (κ2) is 7.70. The summed E-state index contributed by atoms with van der Waals surface area (Å²) in [5.74, 6) is 1.26. The fourth-order valence-electron chi connectivity index (χ4n) is 2.02. The number of rotatable bonds is 6. The van der Waals surface area contributed by atoms with Crippen molar-refractivity contribution in [2.45, 2.75) is 11.6 Å². The SMILES string of the molecule is COc1ccc(OC)c(CNC(=O)c2cccnc2SC)c1. The van der Waals surface area contributed by atoms with Crippen LogP contribution in [0, 0.1) is 0 Å². The number of amides is 1. The Hall–Kier alpha value is -2.21. The van der Waals surface area contributed by atoms with Gasteiger partial charge in [-0.05, 0) is 36.6 Å². The van der Waals surface area contributed by atoms with Crippen molar-refractivity contribution in [3.05, 3.63) is 47.7 Å². The van der Waals surface area contributed by atoms with E-state index in [1.54, 1.807) is 32.5 Å². The summed E-state index contributed by atoms with van der Waals surface area (Å²) in [5, 5.41) is 3.59. The number of nitrogens with zero attached hydrogens (tertiary/aromatic N) is 1. The lowest BCUT2D eigenvalue weighted by Gasteiger charge is -2.12. The van der Waals surface area contributed by atoms with E-state index in [1.165, 1.54) is 11.8 Å². The zero-order valence-electron chi connectivity index (χ0n) is 12.8. The molecule has 0 fully saturated rings. The fourth-order valence-corrected chi connectivity index (χ4v) is 2.56. The molecule has 1 heterocycles. The molecule has 0 saturated carbocycles. The van der Waals surface area contributed by atoms with E-state index in [4.69, 9.17) is 9.47 Å². The summed E-state index contributed by atoms with van der Waals surface area (Å²) in [6.07, 6.45) is 3.57. The van der Waals surface area contributed by atoms with Crippen molar-refractivity contribution in [1.82, 2.24) is 10.3 Å². The molecule has 2 rings (SSSR count). The molecule has 0 unspecified atom stereocenters. The summed E-state index contributed by atoms with van der Waals surface area (Å²) in [7, 11) is 3.20. The highest BCUT2D eigenvalue weighted by Gasteiger charge is 2.12. The number of hydrogen-bond acceptors (Lipinski definition) is 5. The maximum atomic E-state index is 12.3. The number of benzene rings is 1. The topological polar surface area (TPSA) is 60.5 Å². The highest BCUT2D eigenvalue weighted by molar-refractivity contribution is 7.98. The molecule has 1 N–H and O–H groups in total. The van der Waals surface area contributed by atoms with E-state index in [-0.39, 0.29) is 5.91 Å². The highest BCUT2D eigenvalue weighted by Crippen LogP contribution is 2.24. The van der Waals surface area contributed by atoms with Crippen LogP contribution >= 0.6 is 11.8 Å². The minimum absolute atomic E-state index is 0.165. The van der Waals surface area contributed by atoms with Gasteiger partial charge in [0.15, 0.2) is 0 Å². The van der Waals surface area contributed by atoms with E-state index in [9.17, 15) is 4.79 Å². The molecule has 0 aliphatic heterocycles. The van der Waals surface area contributed by atoms with Crippen LogP contribution in [0.25, 0.3) is 0 Å². The molecule has 6 heteroatoms. The number of carbonyl (C=O) groups excluding carboxylic acids is 1. The van der Waals surface area contributed by atoms with Gasteiger partial charge in [-0.1, -0.05) is 0 Å². The van der Waals surface area contributed by atoms with Crippen LogP contribution in [0.2, 0.25) is 0 Å². The maximum absolute atomic E-state index is 12.3. The largest absolute Gasteiger partial charge is 0.497 e. The Balaban J connectivity index is 2.14. The first-order valence-electron chi connectivity index (χ1n) is 6.67. The summed E-state index contributed by atoms with van der Waals surface area (Å²) in [5.41, 5.74) is 1.42. The first kappa shape index (κ1) is 16.2. The standard InChI is InChI=1S/C16H18N2O3S/c1-20-12-6-7-14(21-2)11(9-12)10-18-15(19)13-5-4-8-17-16(13)22-3/h4-9H,10H2,1-3H3,(H,18,19). The quantitative estimate of drug-likeness (QED) is 0.830. The number of methoxy groups -OCH3 is 2. The van der Waals surface area contributed by atoms with Crippen LogP contribution in [0.4, 0.5) is 0 Å². The van der Waals surface area contributed by atoms with Crippen LogP contribution in [0.3, 0.4) is 0 Å². The number of nitrogens with one attached hydrogen (secondary N) is 1. The second-order valence-electron chi connectivity index (χ2n) is 4.42. The molecule has 116 valence electrons. The molecule has 0 aliphatic carbocycles. The zero-order valence-corrected chi connectivity index (χ0v) is 13.6. The molecule has 0 aliphatic rings. The van der Waals surface area contributed by atoms with Gasteiger partial charge in [0, 0.05) is 18.3 Å². The third kappa shape index (κ3) is 3.71. The molecule has 22 heavy (non-hydrogen) atoms. The van der Waals surface area contributed by atoms with Crippen molar-refractivity contribution in [2.24, 2.45) is 0 Å². The van der Waals surface area contributed by atoms with Gasteiger partial charge in [0.1, 0.15) is 16.5 Å². The van der Waals surface area contributed by atoms with E-state index in [2.05, 4.69) is 10.3 Å². The van der Waals surface area contributed by atoms with E-state index < -0.39 is 0 Å². The molecule has 0 atom stereocenters. The van der Waals surface area contributed by atoms with Crippen LogP contribution in [0.15, 0.2) is 41.6 Å². The highest BCUT2D eigenvalue weighted by atomic mass is 32.2. The molecule has 2 aromatic rings. The van der Waals surface area contributed by atoms with Crippen molar-refractivity contribution < 1.29 is 14.3 Å². The van der Waals surface area contributed by atoms with Gasteiger partial charge in [-0.2, -0.15) is 0 Å². The number of carbonyl (C=O) groups is 1. The summed E-state index contributed by atoms with van der Waals surface area (Å²) in [6, 6.07) is 8.99. The smallest absolute Gasteiger partial charge is 0.254 e. The fraction of sp³-hybridized carbons (Fsp3) is 0.250. The predicted octanol–water partition coefficient (Wildman–Crippen LogP) is 2.75. The lowest BCUT2D eigenvalue weighted by Crippen LogP contribution is -2.24. The first-order chi connectivity index (χ1) is 10.7. The molecule has 0 bridgehead atoms. The van der Waals surface area contributed by atoms with Crippen LogP contribution in [0.1, 0.15) is 15.9 Å². The van der Waals surface area contributed by atoms with Gasteiger partial charge in [0.2, 0.25) is 0 Å². The summed E-state index contributed by atoms with van der Waals surface area (Å²) in [4.78, 5) is 16.5. The summed E-state index contributed by atoms with van der Waals surface area (Å²) in [6.45, 7) is 0.349. The lowest BCUT2D eigenvalue weighted by molar-refractivity contribution is 0.0947. The second-order valence-corrected chi connectivity index (χ2v) is 5.22. The van der Waals surface area contributed by atoms with Crippen molar-refractivity contribution in [3.8, 4) is 11.5 Å². The molecular formula is C16H18N2O3S. The van der Waals surface area contributed by atoms with Gasteiger partial charge < -0.3 is 14.8 Å². The van der Waals surface area contributed by atoms with Crippen LogP contribution < -0.4 is 14.8 Å². The molecule has 1 aromatic carbocycles.